The van der Waals surface area contributed by atoms with Crippen LogP contribution in [0.3, 0.4) is 0 Å². The minimum atomic E-state index is -4.59. The zero-order valence-electron chi connectivity index (χ0n) is 44.1. The van der Waals surface area contributed by atoms with Crippen LogP contribution in [-0.2, 0) is 20.6 Å². The summed E-state index contributed by atoms with van der Waals surface area (Å²) in [5, 5.41) is 5.51. The molecule has 1 aliphatic rings. The zero-order valence-corrected chi connectivity index (χ0v) is 45.0. The maximum atomic E-state index is 15.5. The van der Waals surface area contributed by atoms with Crippen molar-refractivity contribution in [3.05, 3.63) is 216 Å². The van der Waals surface area contributed by atoms with Gasteiger partial charge >= 0.3 is 0 Å². The lowest BCUT2D eigenvalue weighted by molar-refractivity contribution is -0.117. The number of rotatable bonds is 18. The highest BCUT2D eigenvalue weighted by atomic mass is 31.2. The SMILES string of the molecule is Cc1cc(C)c(C(=O)Cc2cccc(OCCC(=O)Nc3ccc(NC(=O)CCOc4cccc(P(=O)(C(=O)c5c(C)cc(C)cc5C)C(=O)c5c(C)cc(C)cc5C)c4)c4c3C(=O)c3ccccc3C4=O)c2)c(C)c1. The molecule has 7 aromatic carbocycles. The van der Waals surface area contributed by atoms with E-state index < -0.39 is 41.6 Å². The largest absolute Gasteiger partial charge is 0.493 e. The van der Waals surface area contributed by atoms with Crippen LogP contribution in [0.1, 0.15) is 131 Å². The number of hydrogen-bond donors (Lipinski definition) is 2. The van der Waals surface area contributed by atoms with E-state index in [9.17, 15) is 33.6 Å². The molecule has 0 heterocycles. The first-order chi connectivity index (χ1) is 36.2. The lowest BCUT2D eigenvalue weighted by atomic mass is 9.82. The van der Waals surface area contributed by atoms with E-state index in [-0.39, 0.29) is 94.1 Å². The summed E-state index contributed by atoms with van der Waals surface area (Å²) in [5.41, 5.74) is 7.69. The Morgan fingerprint density at radius 1 is 0.461 bits per heavy atom. The first-order valence-electron chi connectivity index (χ1n) is 25.0. The highest BCUT2D eigenvalue weighted by molar-refractivity contribution is 8.01. The van der Waals surface area contributed by atoms with Crippen LogP contribution in [0.15, 0.2) is 121 Å². The Morgan fingerprint density at radius 2 is 0.855 bits per heavy atom. The number of carbonyl (C=O) groups is 7. The molecule has 386 valence electrons. The van der Waals surface area contributed by atoms with E-state index in [1.807, 2.05) is 77.1 Å². The predicted molar refractivity (Wildman–Crippen MR) is 296 cm³/mol. The van der Waals surface area contributed by atoms with Crippen molar-refractivity contribution in [2.45, 2.75) is 81.6 Å². The summed E-state index contributed by atoms with van der Waals surface area (Å²) in [6, 6.07) is 33.6. The van der Waals surface area contributed by atoms with Gasteiger partial charge in [0.05, 0.1) is 48.6 Å². The van der Waals surface area contributed by atoms with Crippen molar-refractivity contribution in [3.8, 4) is 11.5 Å². The van der Waals surface area contributed by atoms with Gasteiger partial charge in [-0.05, 0) is 138 Å². The molecule has 0 atom stereocenters. The Bertz CT molecular complexity index is 3500. The van der Waals surface area contributed by atoms with E-state index in [2.05, 4.69) is 10.6 Å². The monoisotopic (exact) mass is 1030 g/mol. The van der Waals surface area contributed by atoms with E-state index >= 15 is 4.57 Å². The number of fused-ring (bicyclic) bond motifs is 2. The molecule has 8 rings (SSSR count). The third kappa shape index (κ3) is 11.0. The maximum absolute atomic E-state index is 15.5. The van der Waals surface area contributed by atoms with Crippen LogP contribution in [0.2, 0.25) is 0 Å². The Balaban J connectivity index is 0.967. The number of amides is 2. The minimum Gasteiger partial charge on any atom is -0.493 e. The summed E-state index contributed by atoms with van der Waals surface area (Å²) >= 11 is 0. The normalized spacial score (nSPS) is 11.9. The first kappa shape index (κ1) is 53.9. The highest BCUT2D eigenvalue weighted by Crippen LogP contribution is 2.53. The molecule has 2 amide bonds. The van der Waals surface area contributed by atoms with Crippen LogP contribution >= 0.6 is 7.14 Å². The predicted octanol–water partition coefficient (Wildman–Crippen LogP) is 12.1. The fourth-order valence-electron chi connectivity index (χ4n) is 10.5. The first-order valence-corrected chi connectivity index (χ1v) is 26.7. The number of anilines is 2. The molecule has 0 aromatic heterocycles. The molecule has 0 radical (unpaired) electrons. The second kappa shape index (κ2) is 22.2. The Labute approximate surface area is 442 Å². The van der Waals surface area contributed by atoms with Crippen molar-refractivity contribution >= 4 is 64.0 Å². The highest BCUT2D eigenvalue weighted by Gasteiger charge is 2.45. The number of aryl methyl sites for hydroxylation is 9. The van der Waals surface area contributed by atoms with Crippen LogP contribution in [0, 0.1) is 62.3 Å². The molecule has 76 heavy (non-hydrogen) atoms. The van der Waals surface area contributed by atoms with Crippen molar-refractivity contribution in [2.24, 2.45) is 0 Å². The van der Waals surface area contributed by atoms with E-state index in [1.165, 1.54) is 36.4 Å². The smallest absolute Gasteiger partial charge is 0.248 e. The van der Waals surface area contributed by atoms with Gasteiger partial charge in [0.25, 0.3) is 0 Å². The van der Waals surface area contributed by atoms with E-state index in [1.54, 1.807) is 70.2 Å². The van der Waals surface area contributed by atoms with Gasteiger partial charge < -0.3 is 24.7 Å². The number of ether oxygens (including phenoxy) is 2. The van der Waals surface area contributed by atoms with Crippen LogP contribution in [0.25, 0.3) is 0 Å². The van der Waals surface area contributed by atoms with Crippen LogP contribution in [0.4, 0.5) is 11.4 Å². The Morgan fingerprint density at radius 3 is 1.29 bits per heavy atom. The molecule has 0 aliphatic heterocycles. The summed E-state index contributed by atoms with van der Waals surface area (Å²) in [5.74, 6) is -1.50. The number of Topliss-reactive ketones (excluding diaryl/α,β-unsaturated/α-hetero) is 1. The Kier molecular flexibility index (Phi) is 15.8. The van der Waals surface area contributed by atoms with Gasteiger partial charge in [-0.15, -0.1) is 0 Å². The van der Waals surface area contributed by atoms with Gasteiger partial charge in [0.2, 0.25) is 30.0 Å². The van der Waals surface area contributed by atoms with Crippen molar-refractivity contribution in [1.29, 1.82) is 0 Å². The van der Waals surface area contributed by atoms with Crippen LogP contribution in [-0.4, -0.2) is 53.4 Å². The molecular formula is C63H59N2O10P. The molecule has 0 saturated heterocycles. The van der Waals surface area contributed by atoms with Gasteiger partial charge in [-0.3, -0.25) is 33.6 Å². The lowest BCUT2D eigenvalue weighted by Gasteiger charge is -2.23. The molecule has 2 N–H and O–H groups in total. The van der Waals surface area contributed by atoms with Gasteiger partial charge in [0.15, 0.2) is 17.3 Å². The summed E-state index contributed by atoms with van der Waals surface area (Å²) < 4.78 is 27.5. The number of carbonyl (C=O) groups excluding carboxylic acids is 7. The van der Waals surface area contributed by atoms with Crippen molar-refractivity contribution < 1.29 is 47.6 Å². The molecule has 13 heteroatoms. The summed E-state index contributed by atoms with van der Waals surface area (Å²) in [6.45, 7) is 16.4. The second-order valence-corrected chi connectivity index (χ2v) is 22.2. The Hall–Kier alpha value is -8.34. The summed E-state index contributed by atoms with van der Waals surface area (Å²) in [4.78, 5) is 98.2. The number of hydrogen-bond acceptors (Lipinski definition) is 10. The molecule has 0 unspecified atom stereocenters. The molecule has 7 aromatic rings. The zero-order chi connectivity index (χ0) is 54.7. The van der Waals surface area contributed by atoms with Crippen molar-refractivity contribution in [1.82, 2.24) is 0 Å². The number of benzene rings is 7. The third-order valence-electron chi connectivity index (χ3n) is 13.6. The van der Waals surface area contributed by atoms with E-state index in [0.29, 0.717) is 33.6 Å². The standard InChI is InChI=1S/C63H59N2O10P/c1-35-26-38(4)55(39(5)27-35)52(66)33-44-14-12-15-45(32-44)74-24-22-53(67)64-50-20-21-51(59-58(50)60(69)48-18-10-11-19-49(48)61(59)70)65-54(68)23-25-75-46-16-13-17-47(34-46)76(73,62(71)56-40(6)28-36(2)29-41(56)7)63(72)57-42(8)30-37(3)31-43(57)9/h10-21,26-32,34H,22-25,33H2,1-9H3,(H,64,67)(H,65,68). The van der Waals surface area contributed by atoms with Gasteiger partial charge in [-0.25, -0.2) is 0 Å². The van der Waals surface area contributed by atoms with Crippen LogP contribution in [0.5, 0.6) is 11.5 Å². The molecule has 0 spiro atoms. The number of ketones is 3. The van der Waals surface area contributed by atoms with Crippen LogP contribution < -0.4 is 25.4 Å². The van der Waals surface area contributed by atoms with Gasteiger partial charge in [0, 0.05) is 39.5 Å². The number of nitrogens with one attached hydrogen (secondary N) is 2. The molecule has 0 bridgehead atoms. The third-order valence-corrected chi connectivity index (χ3v) is 16.2. The van der Waals surface area contributed by atoms with Gasteiger partial charge in [-0.1, -0.05) is 102 Å². The average molecular weight is 1040 g/mol. The van der Waals surface area contributed by atoms with Crippen molar-refractivity contribution in [3.63, 3.8) is 0 Å². The molecule has 1 aliphatic carbocycles. The topological polar surface area (TPSA) is 179 Å². The second-order valence-electron chi connectivity index (χ2n) is 19.7. The van der Waals surface area contributed by atoms with E-state index in [4.69, 9.17) is 9.47 Å². The average Bonchev–Trinajstić information content (AvgIpc) is 3.36. The van der Waals surface area contributed by atoms with Gasteiger partial charge in [-0.2, -0.15) is 0 Å². The fourth-order valence-corrected chi connectivity index (χ4v) is 13.1. The summed E-state index contributed by atoms with van der Waals surface area (Å²) in [7, 11) is -4.59. The molecule has 0 fully saturated rings. The van der Waals surface area contributed by atoms with Gasteiger partial charge in [0.1, 0.15) is 11.5 Å². The fraction of sp³-hybridized carbons (Fsp3) is 0.222. The quantitative estimate of drug-likeness (QED) is 0.0620. The van der Waals surface area contributed by atoms with E-state index in [0.717, 1.165) is 33.4 Å². The minimum absolute atomic E-state index is 0.00700. The summed E-state index contributed by atoms with van der Waals surface area (Å²) in [6.07, 6.45) is -0.200. The lowest BCUT2D eigenvalue weighted by Crippen LogP contribution is -2.27. The maximum Gasteiger partial charge on any atom is 0.248 e. The molecule has 12 nitrogen and oxygen atoms in total. The molecule has 0 saturated carbocycles. The molecular weight excluding hydrogens is 976 g/mol. The van der Waals surface area contributed by atoms with Crippen molar-refractivity contribution in [2.75, 3.05) is 23.8 Å².